The van der Waals surface area contributed by atoms with E-state index in [2.05, 4.69) is 5.32 Å². The molecule has 2 amide bonds. The van der Waals surface area contributed by atoms with Crippen LogP contribution >= 0.6 is 0 Å². The molecule has 146 valence electrons. The molecule has 2 aromatic rings. The average molecular weight is 384 g/mol. The van der Waals surface area contributed by atoms with Crippen molar-refractivity contribution in [2.45, 2.75) is 38.1 Å². The number of hydrogen-bond donors (Lipinski definition) is 1. The van der Waals surface area contributed by atoms with Gasteiger partial charge in [0.1, 0.15) is 18.2 Å². The number of rotatable bonds is 2. The molecule has 1 N–H and O–H groups in total. The van der Waals surface area contributed by atoms with E-state index in [1.165, 1.54) is 35.2 Å². The fraction of sp³-hybridized carbons (Fsp3) is 0.364. The van der Waals surface area contributed by atoms with Gasteiger partial charge in [0.15, 0.2) is 0 Å². The first-order valence-electron chi connectivity index (χ1n) is 9.68. The Morgan fingerprint density at radius 2 is 1.64 bits per heavy atom. The SMILES string of the molecule is O=C1CN(C(=O)C2CCCCC2)C(c2ccc(F)cc2)c2cc(F)ccc2N1. The predicted octanol–water partition coefficient (Wildman–Crippen LogP) is 4.42. The van der Waals surface area contributed by atoms with Crippen LogP contribution in [0.4, 0.5) is 14.5 Å². The van der Waals surface area contributed by atoms with Gasteiger partial charge in [-0.25, -0.2) is 8.78 Å². The van der Waals surface area contributed by atoms with Crippen molar-refractivity contribution in [3.63, 3.8) is 0 Å². The topological polar surface area (TPSA) is 49.4 Å². The molecule has 2 aromatic carbocycles. The van der Waals surface area contributed by atoms with Gasteiger partial charge >= 0.3 is 0 Å². The van der Waals surface area contributed by atoms with E-state index in [9.17, 15) is 18.4 Å². The number of nitrogens with one attached hydrogen (secondary N) is 1. The molecule has 1 saturated carbocycles. The molecule has 0 radical (unpaired) electrons. The van der Waals surface area contributed by atoms with Gasteiger partial charge < -0.3 is 10.2 Å². The highest BCUT2D eigenvalue weighted by molar-refractivity contribution is 5.97. The van der Waals surface area contributed by atoms with Gasteiger partial charge in [0.2, 0.25) is 11.8 Å². The van der Waals surface area contributed by atoms with Gasteiger partial charge in [0.05, 0.1) is 6.04 Å². The van der Waals surface area contributed by atoms with Crippen LogP contribution in [0, 0.1) is 17.6 Å². The molecule has 6 heteroatoms. The molecule has 1 aliphatic carbocycles. The van der Waals surface area contributed by atoms with Crippen LogP contribution < -0.4 is 5.32 Å². The first kappa shape index (κ1) is 18.6. The van der Waals surface area contributed by atoms with E-state index in [-0.39, 0.29) is 24.3 Å². The highest BCUT2D eigenvalue weighted by Crippen LogP contribution is 2.38. The van der Waals surface area contributed by atoms with Crippen molar-refractivity contribution in [2.75, 3.05) is 11.9 Å². The largest absolute Gasteiger partial charge is 0.324 e. The van der Waals surface area contributed by atoms with E-state index in [0.29, 0.717) is 16.8 Å². The number of nitrogens with zero attached hydrogens (tertiary/aromatic N) is 1. The number of fused-ring (bicyclic) bond motifs is 1. The summed E-state index contributed by atoms with van der Waals surface area (Å²) >= 11 is 0. The van der Waals surface area contributed by atoms with E-state index >= 15 is 0 Å². The third-order valence-electron chi connectivity index (χ3n) is 5.63. The molecule has 1 heterocycles. The summed E-state index contributed by atoms with van der Waals surface area (Å²) in [5.41, 5.74) is 1.62. The van der Waals surface area contributed by atoms with Crippen LogP contribution in [0.1, 0.15) is 49.3 Å². The van der Waals surface area contributed by atoms with E-state index < -0.39 is 17.7 Å². The van der Waals surface area contributed by atoms with E-state index in [1.807, 2.05) is 0 Å². The number of halogens is 2. The molecular formula is C22H22F2N2O2. The van der Waals surface area contributed by atoms with Crippen LogP contribution in [0.3, 0.4) is 0 Å². The fourth-order valence-electron chi connectivity index (χ4n) is 4.27. The Bertz CT molecular complexity index is 892. The molecule has 0 saturated heterocycles. The highest BCUT2D eigenvalue weighted by Gasteiger charge is 2.36. The van der Waals surface area contributed by atoms with Crippen LogP contribution in [0.5, 0.6) is 0 Å². The lowest BCUT2D eigenvalue weighted by Gasteiger charge is -2.34. The van der Waals surface area contributed by atoms with Crippen molar-refractivity contribution in [2.24, 2.45) is 5.92 Å². The van der Waals surface area contributed by atoms with Crippen molar-refractivity contribution in [3.05, 3.63) is 65.2 Å². The van der Waals surface area contributed by atoms with Crippen molar-refractivity contribution < 1.29 is 18.4 Å². The molecule has 1 aliphatic heterocycles. The van der Waals surface area contributed by atoms with Gasteiger partial charge in [0.25, 0.3) is 0 Å². The van der Waals surface area contributed by atoms with E-state index in [1.54, 1.807) is 12.1 Å². The van der Waals surface area contributed by atoms with Crippen molar-refractivity contribution in [1.82, 2.24) is 4.90 Å². The zero-order valence-corrected chi connectivity index (χ0v) is 15.5. The fourth-order valence-corrected chi connectivity index (χ4v) is 4.27. The number of hydrogen-bond acceptors (Lipinski definition) is 2. The Morgan fingerprint density at radius 1 is 0.964 bits per heavy atom. The molecule has 1 atom stereocenters. The summed E-state index contributed by atoms with van der Waals surface area (Å²) in [7, 11) is 0. The zero-order valence-electron chi connectivity index (χ0n) is 15.5. The maximum atomic E-state index is 14.1. The molecular weight excluding hydrogens is 362 g/mol. The Hall–Kier alpha value is -2.76. The van der Waals surface area contributed by atoms with Gasteiger partial charge in [0, 0.05) is 17.2 Å². The molecule has 0 spiro atoms. The first-order valence-corrected chi connectivity index (χ1v) is 9.68. The van der Waals surface area contributed by atoms with Crippen LogP contribution in [-0.4, -0.2) is 23.3 Å². The Balaban J connectivity index is 1.82. The standard InChI is InChI=1S/C22H22F2N2O2/c23-16-8-6-14(7-9-16)21-18-12-17(24)10-11-19(18)25-20(27)13-26(21)22(28)15-4-2-1-3-5-15/h6-12,15,21H,1-5,13H2,(H,25,27). The molecule has 4 nitrogen and oxygen atoms in total. The number of carbonyl (C=O) groups is 2. The van der Waals surface area contributed by atoms with Crippen LogP contribution in [0.15, 0.2) is 42.5 Å². The first-order chi connectivity index (χ1) is 13.5. The molecule has 28 heavy (non-hydrogen) atoms. The maximum absolute atomic E-state index is 14.1. The summed E-state index contributed by atoms with van der Waals surface area (Å²) in [6.07, 6.45) is 4.68. The predicted molar refractivity (Wildman–Crippen MR) is 102 cm³/mol. The summed E-state index contributed by atoms with van der Waals surface area (Å²) < 4.78 is 27.6. The van der Waals surface area contributed by atoms with Gasteiger partial charge in [-0.2, -0.15) is 0 Å². The lowest BCUT2D eigenvalue weighted by atomic mass is 9.87. The smallest absolute Gasteiger partial charge is 0.244 e. The Labute approximate surface area is 162 Å². The second-order valence-corrected chi connectivity index (χ2v) is 7.53. The molecule has 2 aliphatic rings. The van der Waals surface area contributed by atoms with E-state index in [0.717, 1.165) is 32.1 Å². The minimum Gasteiger partial charge on any atom is -0.324 e. The van der Waals surface area contributed by atoms with Crippen LogP contribution in [0.2, 0.25) is 0 Å². The Kier molecular flexibility index (Phi) is 5.11. The minimum atomic E-state index is -0.653. The average Bonchev–Trinajstić information content (AvgIpc) is 2.84. The van der Waals surface area contributed by atoms with Crippen molar-refractivity contribution in [1.29, 1.82) is 0 Å². The summed E-state index contributed by atoms with van der Waals surface area (Å²) in [6.45, 7) is -0.117. The lowest BCUT2D eigenvalue weighted by molar-refractivity contribution is -0.140. The van der Waals surface area contributed by atoms with Crippen LogP contribution in [-0.2, 0) is 9.59 Å². The van der Waals surface area contributed by atoms with Gasteiger partial charge in [-0.1, -0.05) is 31.4 Å². The molecule has 0 bridgehead atoms. The normalized spacial score (nSPS) is 20.3. The summed E-state index contributed by atoms with van der Waals surface area (Å²) in [5, 5.41) is 2.77. The minimum absolute atomic E-state index is 0.0960. The number of benzene rings is 2. The quantitative estimate of drug-likeness (QED) is 0.834. The summed E-state index contributed by atoms with van der Waals surface area (Å²) in [5.74, 6) is -1.40. The molecule has 0 aromatic heterocycles. The number of carbonyl (C=O) groups excluding carboxylic acids is 2. The van der Waals surface area contributed by atoms with Crippen LogP contribution in [0.25, 0.3) is 0 Å². The third kappa shape index (κ3) is 3.63. The second kappa shape index (κ2) is 7.70. The number of anilines is 1. The lowest BCUT2D eigenvalue weighted by Crippen LogP contribution is -2.42. The zero-order chi connectivity index (χ0) is 19.7. The molecule has 1 fully saturated rings. The van der Waals surface area contributed by atoms with Gasteiger partial charge in [-0.05, 0) is 48.7 Å². The number of amides is 2. The molecule has 1 unspecified atom stereocenters. The van der Waals surface area contributed by atoms with E-state index in [4.69, 9.17) is 0 Å². The maximum Gasteiger partial charge on any atom is 0.244 e. The van der Waals surface area contributed by atoms with Crippen molar-refractivity contribution >= 4 is 17.5 Å². The van der Waals surface area contributed by atoms with Gasteiger partial charge in [-0.3, -0.25) is 9.59 Å². The summed E-state index contributed by atoms with van der Waals surface area (Å²) in [6, 6.07) is 9.29. The third-order valence-corrected chi connectivity index (χ3v) is 5.63. The Morgan fingerprint density at radius 3 is 2.36 bits per heavy atom. The summed E-state index contributed by atoms with van der Waals surface area (Å²) in [4.78, 5) is 27.4. The van der Waals surface area contributed by atoms with Crippen molar-refractivity contribution in [3.8, 4) is 0 Å². The molecule has 4 rings (SSSR count). The second-order valence-electron chi connectivity index (χ2n) is 7.53. The monoisotopic (exact) mass is 384 g/mol. The van der Waals surface area contributed by atoms with Gasteiger partial charge in [-0.15, -0.1) is 0 Å². The highest BCUT2D eigenvalue weighted by atomic mass is 19.1.